The van der Waals surface area contributed by atoms with Gasteiger partial charge in [0.2, 0.25) is 5.91 Å². The molecule has 0 aliphatic carbocycles. The van der Waals surface area contributed by atoms with E-state index in [0.29, 0.717) is 13.0 Å². The van der Waals surface area contributed by atoms with Gasteiger partial charge in [-0.1, -0.05) is 18.2 Å². The third-order valence-electron chi connectivity index (χ3n) is 2.71. The highest BCUT2D eigenvalue weighted by molar-refractivity contribution is 5.82. The molecule has 0 spiro atoms. The Labute approximate surface area is 95.4 Å². The number of hydrazine groups is 1. The third-order valence-corrected chi connectivity index (χ3v) is 2.71. The van der Waals surface area contributed by atoms with Crippen LogP contribution in [0.1, 0.15) is 25.8 Å². The van der Waals surface area contributed by atoms with Crippen molar-refractivity contribution in [3.63, 3.8) is 0 Å². The van der Waals surface area contributed by atoms with Gasteiger partial charge in [0.05, 0.1) is 5.69 Å². The number of rotatable bonds is 2. The minimum Gasteiger partial charge on any atom is -0.322 e. The van der Waals surface area contributed by atoms with Crippen molar-refractivity contribution in [2.75, 3.05) is 11.6 Å². The minimum absolute atomic E-state index is 0.0598. The molecule has 4 heteroatoms. The molecule has 1 aromatic carbocycles. The molecule has 1 saturated heterocycles. The molecule has 0 saturated carbocycles. The molecular weight excluding hydrogens is 202 g/mol. The van der Waals surface area contributed by atoms with Gasteiger partial charge < -0.3 is 5.73 Å². The zero-order chi connectivity index (χ0) is 11.8. The van der Waals surface area contributed by atoms with Crippen molar-refractivity contribution in [1.82, 2.24) is 5.43 Å². The van der Waals surface area contributed by atoms with E-state index in [1.54, 1.807) is 0 Å². The van der Waals surface area contributed by atoms with Gasteiger partial charge in [0, 0.05) is 18.5 Å². The standard InChI is InChI=1S/C12H17N3O/c1-12(2,13)9-5-3-4-6-10(9)15-8-7-11(16)14-15/h3-6H,7-8,13H2,1-2H3,(H,14,16). The molecule has 1 aromatic rings. The van der Waals surface area contributed by atoms with Crippen molar-refractivity contribution in [1.29, 1.82) is 0 Å². The molecule has 0 radical (unpaired) electrons. The molecule has 1 amide bonds. The van der Waals surface area contributed by atoms with E-state index >= 15 is 0 Å². The molecule has 2 rings (SSSR count). The molecule has 1 heterocycles. The van der Waals surface area contributed by atoms with E-state index in [0.717, 1.165) is 11.3 Å². The topological polar surface area (TPSA) is 58.4 Å². The number of carbonyl (C=O) groups is 1. The lowest BCUT2D eigenvalue weighted by molar-refractivity contribution is -0.119. The fraction of sp³-hybridized carbons (Fsp3) is 0.417. The first kappa shape index (κ1) is 11.0. The molecule has 0 unspecified atom stereocenters. The molecule has 16 heavy (non-hydrogen) atoms. The number of benzene rings is 1. The van der Waals surface area contributed by atoms with E-state index < -0.39 is 5.54 Å². The SMILES string of the molecule is CC(C)(N)c1ccccc1N1CCC(=O)N1. The van der Waals surface area contributed by atoms with Gasteiger partial charge in [-0.05, 0) is 25.5 Å². The normalized spacial score (nSPS) is 16.4. The zero-order valence-electron chi connectivity index (χ0n) is 9.66. The summed E-state index contributed by atoms with van der Waals surface area (Å²) in [5, 5.41) is 1.87. The quantitative estimate of drug-likeness (QED) is 0.783. The molecule has 0 atom stereocenters. The van der Waals surface area contributed by atoms with Gasteiger partial charge in [-0.25, -0.2) is 0 Å². The van der Waals surface area contributed by atoms with Crippen LogP contribution in [0.15, 0.2) is 24.3 Å². The van der Waals surface area contributed by atoms with Gasteiger partial charge in [-0.15, -0.1) is 0 Å². The maximum absolute atomic E-state index is 11.2. The van der Waals surface area contributed by atoms with Gasteiger partial charge in [-0.3, -0.25) is 15.2 Å². The predicted octanol–water partition coefficient (Wildman–Crippen LogP) is 1.12. The maximum atomic E-state index is 11.2. The Balaban J connectivity index is 2.37. The lowest BCUT2D eigenvalue weighted by atomic mass is 9.94. The highest BCUT2D eigenvalue weighted by Crippen LogP contribution is 2.28. The number of anilines is 1. The largest absolute Gasteiger partial charge is 0.322 e. The molecule has 0 bridgehead atoms. The van der Waals surface area contributed by atoms with Gasteiger partial charge in [-0.2, -0.15) is 0 Å². The summed E-state index contributed by atoms with van der Waals surface area (Å²) in [5.41, 5.74) is 10.6. The molecule has 3 N–H and O–H groups in total. The molecule has 0 aromatic heterocycles. The molecule has 86 valence electrons. The van der Waals surface area contributed by atoms with Crippen LogP contribution in [0.5, 0.6) is 0 Å². The van der Waals surface area contributed by atoms with Crippen LogP contribution < -0.4 is 16.2 Å². The average molecular weight is 219 g/mol. The summed E-state index contributed by atoms with van der Waals surface area (Å²) >= 11 is 0. The van der Waals surface area contributed by atoms with Crippen molar-refractivity contribution < 1.29 is 4.79 Å². The van der Waals surface area contributed by atoms with Crippen LogP contribution in [-0.4, -0.2) is 12.5 Å². The predicted molar refractivity (Wildman–Crippen MR) is 63.8 cm³/mol. The first-order valence-electron chi connectivity index (χ1n) is 5.44. The third kappa shape index (κ3) is 2.02. The average Bonchev–Trinajstić information content (AvgIpc) is 2.64. The van der Waals surface area contributed by atoms with Gasteiger partial charge in [0.25, 0.3) is 0 Å². The smallest absolute Gasteiger partial charge is 0.240 e. The van der Waals surface area contributed by atoms with Crippen molar-refractivity contribution in [3.8, 4) is 0 Å². The number of para-hydroxylation sites is 1. The Hall–Kier alpha value is -1.55. The Bertz CT molecular complexity index is 409. The fourth-order valence-electron chi connectivity index (χ4n) is 1.91. The number of carbonyl (C=O) groups excluding carboxylic acids is 1. The van der Waals surface area contributed by atoms with Crippen LogP contribution in [0.3, 0.4) is 0 Å². The van der Waals surface area contributed by atoms with Crippen LogP contribution in [0, 0.1) is 0 Å². The lowest BCUT2D eigenvalue weighted by Crippen LogP contribution is -2.37. The first-order chi connectivity index (χ1) is 7.48. The number of nitrogens with one attached hydrogen (secondary N) is 1. The van der Waals surface area contributed by atoms with E-state index in [9.17, 15) is 4.79 Å². The maximum Gasteiger partial charge on any atom is 0.240 e. The monoisotopic (exact) mass is 219 g/mol. The summed E-state index contributed by atoms with van der Waals surface area (Å²) in [5.74, 6) is 0.0598. The van der Waals surface area contributed by atoms with Crippen LogP contribution in [0.2, 0.25) is 0 Å². The van der Waals surface area contributed by atoms with Crippen LogP contribution >= 0.6 is 0 Å². The molecule has 1 aliphatic heterocycles. The molecular formula is C12H17N3O. The van der Waals surface area contributed by atoms with Gasteiger partial charge >= 0.3 is 0 Å². The van der Waals surface area contributed by atoms with Gasteiger partial charge in [0.1, 0.15) is 0 Å². The van der Waals surface area contributed by atoms with Crippen molar-refractivity contribution in [2.45, 2.75) is 25.8 Å². The Morgan fingerprint density at radius 1 is 1.38 bits per heavy atom. The Morgan fingerprint density at radius 3 is 2.62 bits per heavy atom. The number of nitrogens with two attached hydrogens (primary N) is 1. The fourth-order valence-corrected chi connectivity index (χ4v) is 1.91. The van der Waals surface area contributed by atoms with Crippen LogP contribution in [0.25, 0.3) is 0 Å². The van der Waals surface area contributed by atoms with E-state index in [4.69, 9.17) is 5.73 Å². The van der Waals surface area contributed by atoms with Crippen molar-refractivity contribution in [2.24, 2.45) is 5.73 Å². The lowest BCUT2D eigenvalue weighted by Gasteiger charge is -2.27. The minimum atomic E-state index is -0.413. The molecule has 1 aliphatic rings. The second-order valence-electron chi connectivity index (χ2n) is 4.68. The number of hydrogen-bond donors (Lipinski definition) is 2. The summed E-state index contributed by atoms with van der Waals surface area (Å²) < 4.78 is 0. The summed E-state index contributed by atoms with van der Waals surface area (Å²) in [6.07, 6.45) is 0.541. The summed E-state index contributed by atoms with van der Waals surface area (Å²) in [6, 6.07) is 7.90. The number of amides is 1. The van der Waals surface area contributed by atoms with Crippen LogP contribution in [-0.2, 0) is 10.3 Å². The summed E-state index contributed by atoms with van der Waals surface area (Å²) in [7, 11) is 0. The Morgan fingerprint density at radius 2 is 2.06 bits per heavy atom. The van der Waals surface area contributed by atoms with Crippen LogP contribution in [0.4, 0.5) is 5.69 Å². The van der Waals surface area contributed by atoms with Crippen molar-refractivity contribution >= 4 is 11.6 Å². The first-order valence-corrected chi connectivity index (χ1v) is 5.44. The number of hydrogen-bond acceptors (Lipinski definition) is 3. The summed E-state index contributed by atoms with van der Waals surface area (Å²) in [4.78, 5) is 11.2. The molecule has 4 nitrogen and oxygen atoms in total. The van der Waals surface area contributed by atoms with Gasteiger partial charge in [0.15, 0.2) is 0 Å². The molecule has 1 fully saturated rings. The highest BCUT2D eigenvalue weighted by Gasteiger charge is 2.25. The Kier molecular flexibility index (Phi) is 2.59. The van der Waals surface area contributed by atoms with E-state index in [-0.39, 0.29) is 5.91 Å². The second kappa shape index (κ2) is 3.79. The summed E-state index contributed by atoms with van der Waals surface area (Å²) in [6.45, 7) is 4.62. The van der Waals surface area contributed by atoms with Crippen molar-refractivity contribution in [3.05, 3.63) is 29.8 Å². The highest BCUT2D eigenvalue weighted by atomic mass is 16.2. The van der Waals surface area contributed by atoms with E-state index in [1.165, 1.54) is 0 Å². The number of nitrogens with zero attached hydrogens (tertiary/aromatic N) is 1. The zero-order valence-corrected chi connectivity index (χ0v) is 9.66. The van der Waals surface area contributed by atoms with E-state index in [2.05, 4.69) is 5.43 Å². The van der Waals surface area contributed by atoms with E-state index in [1.807, 2.05) is 43.1 Å². The second-order valence-corrected chi connectivity index (χ2v) is 4.68.